The Morgan fingerprint density at radius 1 is 1.00 bits per heavy atom. The fourth-order valence-corrected chi connectivity index (χ4v) is 4.53. The van der Waals surface area contributed by atoms with Crippen molar-refractivity contribution in [2.75, 3.05) is 35.5 Å². The third-order valence-electron chi connectivity index (χ3n) is 5.13. The lowest BCUT2D eigenvalue weighted by molar-refractivity contribution is -0.114. The van der Waals surface area contributed by atoms with Gasteiger partial charge in [0.1, 0.15) is 6.54 Å². The second kappa shape index (κ2) is 10.2. The maximum absolute atomic E-state index is 13.0. The van der Waals surface area contributed by atoms with Gasteiger partial charge in [-0.15, -0.1) is 0 Å². The number of likely N-dealkylation sites (tertiary alicyclic amines) is 1. The Balaban J connectivity index is 1.78. The summed E-state index contributed by atoms with van der Waals surface area (Å²) in [6.45, 7) is 0.964. The van der Waals surface area contributed by atoms with E-state index in [1.165, 1.54) is 12.1 Å². The van der Waals surface area contributed by atoms with Gasteiger partial charge in [-0.2, -0.15) is 0 Å². The van der Waals surface area contributed by atoms with Crippen molar-refractivity contribution in [3.63, 3.8) is 0 Å². The van der Waals surface area contributed by atoms with E-state index in [0.29, 0.717) is 35.1 Å². The Morgan fingerprint density at radius 2 is 1.61 bits per heavy atom. The van der Waals surface area contributed by atoms with Crippen LogP contribution >= 0.6 is 11.6 Å². The Morgan fingerprint density at radius 3 is 2.23 bits per heavy atom. The maximum atomic E-state index is 13.0. The summed E-state index contributed by atoms with van der Waals surface area (Å²) < 4.78 is 25.5. The van der Waals surface area contributed by atoms with Crippen LogP contribution in [0.25, 0.3) is 0 Å². The van der Waals surface area contributed by atoms with Gasteiger partial charge < -0.3 is 10.2 Å². The quantitative estimate of drug-likeness (QED) is 0.706. The van der Waals surface area contributed by atoms with E-state index in [4.69, 9.17) is 11.6 Å². The van der Waals surface area contributed by atoms with Crippen LogP contribution in [-0.2, 0) is 14.8 Å². The van der Waals surface area contributed by atoms with Gasteiger partial charge >= 0.3 is 0 Å². The van der Waals surface area contributed by atoms with Crippen LogP contribution in [0.2, 0.25) is 5.02 Å². The standard InChI is InChI=1S/C22H26ClN3O4S/c1-31(29,30)26(18-12-10-17(23)11-13-18)16-21(27)24-20-9-5-4-8-19(20)22(28)25-14-6-2-3-7-15-25/h4-5,8-13H,2-3,6-7,14-16H2,1H3,(H,24,27). The zero-order valence-electron chi connectivity index (χ0n) is 17.4. The zero-order chi connectivity index (χ0) is 22.4. The number of hydrogen-bond acceptors (Lipinski definition) is 4. The van der Waals surface area contributed by atoms with Gasteiger partial charge in [-0.25, -0.2) is 8.42 Å². The van der Waals surface area contributed by atoms with Gasteiger partial charge in [0.05, 0.1) is 23.2 Å². The molecule has 2 aromatic carbocycles. The number of benzene rings is 2. The van der Waals surface area contributed by atoms with Crippen LogP contribution in [-0.4, -0.2) is 51.0 Å². The first-order chi connectivity index (χ1) is 14.8. The van der Waals surface area contributed by atoms with E-state index in [9.17, 15) is 18.0 Å². The lowest BCUT2D eigenvalue weighted by atomic mass is 10.1. The Kier molecular flexibility index (Phi) is 7.56. The van der Waals surface area contributed by atoms with E-state index >= 15 is 0 Å². The van der Waals surface area contributed by atoms with E-state index in [-0.39, 0.29) is 5.91 Å². The first kappa shape index (κ1) is 23.1. The number of rotatable bonds is 6. The lowest BCUT2D eigenvalue weighted by Crippen LogP contribution is -2.38. The molecule has 1 fully saturated rings. The van der Waals surface area contributed by atoms with E-state index in [2.05, 4.69) is 5.32 Å². The summed E-state index contributed by atoms with van der Waals surface area (Å²) in [7, 11) is -3.71. The summed E-state index contributed by atoms with van der Waals surface area (Å²) in [5.74, 6) is -0.674. The van der Waals surface area contributed by atoms with Crippen molar-refractivity contribution >= 4 is 44.8 Å². The molecule has 7 nitrogen and oxygen atoms in total. The molecular weight excluding hydrogens is 438 g/mol. The van der Waals surface area contributed by atoms with Crippen molar-refractivity contribution in [2.24, 2.45) is 0 Å². The van der Waals surface area contributed by atoms with Gasteiger partial charge in [0.2, 0.25) is 15.9 Å². The Labute approximate surface area is 188 Å². The maximum Gasteiger partial charge on any atom is 0.255 e. The molecule has 3 rings (SSSR count). The SMILES string of the molecule is CS(=O)(=O)N(CC(=O)Nc1ccccc1C(=O)N1CCCCCC1)c1ccc(Cl)cc1. The van der Waals surface area contributed by atoms with E-state index < -0.39 is 22.5 Å². The molecule has 0 atom stereocenters. The monoisotopic (exact) mass is 463 g/mol. The molecule has 1 aliphatic heterocycles. The number of halogens is 1. The molecule has 1 heterocycles. The molecule has 0 unspecified atom stereocenters. The molecule has 0 aromatic heterocycles. The molecule has 1 saturated heterocycles. The first-order valence-electron chi connectivity index (χ1n) is 10.2. The van der Waals surface area contributed by atoms with Crippen LogP contribution in [0, 0.1) is 0 Å². The van der Waals surface area contributed by atoms with Crippen LogP contribution in [0.5, 0.6) is 0 Å². The van der Waals surface area contributed by atoms with Crippen molar-refractivity contribution in [3.05, 3.63) is 59.1 Å². The van der Waals surface area contributed by atoms with Crippen LogP contribution in [0.1, 0.15) is 36.0 Å². The zero-order valence-corrected chi connectivity index (χ0v) is 19.0. The molecule has 0 saturated carbocycles. The molecule has 0 bridgehead atoms. The minimum Gasteiger partial charge on any atom is -0.339 e. The number of para-hydroxylation sites is 1. The summed E-state index contributed by atoms with van der Waals surface area (Å²) >= 11 is 5.88. The lowest BCUT2D eigenvalue weighted by Gasteiger charge is -2.23. The molecule has 9 heteroatoms. The minimum atomic E-state index is -3.71. The van der Waals surface area contributed by atoms with Gasteiger partial charge in [-0.05, 0) is 49.2 Å². The number of anilines is 2. The van der Waals surface area contributed by atoms with Crippen LogP contribution < -0.4 is 9.62 Å². The summed E-state index contributed by atoms with van der Waals surface area (Å²) in [6, 6.07) is 13.0. The highest BCUT2D eigenvalue weighted by Crippen LogP contribution is 2.22. The molecule has 0 spiro atoms. The predicted molar refractivity (Wildman–Crippen MR) is 123 cm³/mol. The topological polar surface area (TPSA) is 86.8 Å². The van der Waals surface area contributed by atoms with Gasteiger partial charge in [-0.1, -0.05) is 36.6 Å². The molecule has 2 aromatic rings. The predicted octanol–water partition coefficient (Wildman–Crippen LogP) is 3.76. The van der Waals surface area contributed by atoms with Crippen molar-refractivity contribution in [1.29, 1.82) is 0 Å². The van der Waals surface area contributed by atoms with Gasteiger partial charge in [0.25, 0.3) is 5.91 Å². The summed E-state index contributed by atoms with van der Waals surface area (Å²) in [5.41, 5.74) is 1.09. The highest BCUT2D eigenvalue weighted by Gasteiger charge is 2.23. The molecular formula is C22H26ClN3O4S. The molecule has 2 amide bonds. The average molecular weight is 464 g/mol. The summed E-state index contributed by atoms with van der Waals surface area (Å²) in [5, 5.41) is 3.17. The number of sulfonamides is 1. The third kappa shape index (κ3) is 6.21. The minimum absolute atomic E-state index is 0.129. The van der Waals surface area contributed by atoms with Crippen LogP contribution in [0.3, 0.4) is 0 Å². The summed E-state index contributed by atoms with van der Waals surface area (Å²) in [4.78, 5) is 27.6. The van der Waals surface area contributed by atoms with Crippen LogP contribution in [0.15, 0.2) is 48.5 Å². The highest BCUT2D eigenvalue weighted by atomic mass is 35.5. The second-order valence-electron chi connectivity index (χ2n) is 7.55. The van der Waals surface area contributed by atoms with Gasteiger partial charge in [-0.3, -0.25) is 13.9 Å². The van der Waals surface area contributed by atoms with Gasteiger partial charge in [0, 0.05) is 18.1 Å². The third-order valence-corrected chi connectivity index (χ3v) is 6.52. The normalized spacial score (nSPS) is 14.6. The second-order valence-corrected chi connectivity index (χ2v) is 9.89. The number of nitrogens with one attached hydrogen (secondary N) is 1. The molecule has 166 valence electrons. The highest BCUT2D eigenvalue weighted by molar-refractivity contribution is 7.92. The van der Waals surface area contributed by atoms with Crippen molar-refractivity contribution in [1.82, 2.24) is 4.90 Å². The largest absolute Gasteiger partial charge is 0.339 e. The number of nitrogens with zero attached hydrogens (tertiary/aromatic N) is 2. The number of carbonyl (C=O) groups excluding carboxylic acids is 2. The molecule has 1 N–H and O–H groups in total. The number of amides is 2. The molecule has 0 radical (unpaired) electrons. The fourth-order valence-electron chi connectivity index (χ4n) is 3.55. The average Bonchev–Trinajstić information content (AvgIpc) is 3.01. The van der Waals surface area contributed by atoms with Crippen molar-refractivity contribution in [2.45, 2.75) is 25.7 Å². The smallest absolute Gasteiger partial charge is 0.255 e. The van der Waals surface area contributed by atoms with E-state index in [1.807, 2.05) is 4.90 Å². The van der Waals surface area contributed by atoms with E-state index in [1.54, 1.807) is 36.4 Å². The fraction of sp³-hybridized carbons (Fsp3) is 0.364. The van der Waals surface area contributed by atoms with E-state index in [0.717, 1.165) is 36.2 Å². The Hall–Kier alpha value is -2.58. The molecule has 0 aliphatic carbocycles. The summed E-state index contributed by atoms with van der Waals surface area (Å²) in [6.07, 6.45) is 5.17. The molecule has 31 heavy (non-hydrogen) atoms. The van der Waals surface area contributed by atoms with Crippen molar-refractivity contribution in [3.8, 4) is 0 Å². The van der Waals surface area contributed by atoms with Gasteiger partial charge in [0.15, 0.2) is 0 Å². The van der Waals surface area contributed by atoms with Crippen LogP contribution in [0.4, 0.5) is 11.4 Å². The Bertz CT molecular complexity index is 1030. The number of hydrogen-bond donors (Lipinski definition) is 1. The number of carbonyl (C=O) groups is 2. The van der Waals surface area contributed by atoms with Crippen molar-refractivity contribution < 1.29 is 18.0 Å². The first-order valence-corrected chi connectivity index (χ1v) is 12.4. The molecule has 1 aliphatic rings.